The first-order chi connectivity index (χ1) is 12.3. The summed E-state index contributed by atoms with van der Waals surface area (Å²) in [5.41, 5.74) is 2.12. The molecule has 0 aromatic heterocycles. The van der Waals surface area contributed by atoms with Crippen LogP contribution in [0.5, 0.6) is 17.2 Å². The summed E-state index contributed by atoms with van der Waals surface area (Å²) >= 11 is 0. The summed E-state index contributed by atoms with van der Waals surface area (Å²) in [4.78, 5) is 25.2. The average molecular weight is 359 g/mol. The molecule has 1 N–H and O–H groups in total. The smallest absolute Gasteiger partial charge is 0.225 e. The van der Waals surface area contributed by atoms with Crippen LogP contribution in [-0.2, 0) is 9.59 Å². The molecule has 0 fully saturated rings. The molecule has 3 rings (SSSR count). The lowest BCUT2D eigenvalue weighted by atomic mass is 9.70. The number of hydrogen-bond acceptors (Lipinski definition) is 5. The SMILES string of the molecule is COc1cc([C@H]2CC(=O)NC3=C2C(=O)CC(C)(C)C3)cc(OC)c1OC. The van der Waals surface area contributed by atoms with E-state index in [0.717, 1.165) is 11.3 Å². The fourth-order valence-electron chi connectivity index (χ4n) is 3.94. The second-order valence-electron chi connectivity index (χ2n) is 7.60. The minimum absolute atomic E-state index is 0.0759. The predicted molar refractivity (Wildman–Crippen MR) is 96.6 cm³/mol. The van der Waals surface area contributed by atoms with Crippen LogP contribution in [0.15, 0.2) is 23.4 Å². The van der Waals surface area contributed by atoms with Crippen molar-refractivity contribution in [3.63, 3.8) is 0 Å². The molecule has 0 saturated heterocycles. The monoisotopic (exact) mass is 359 g/mol. The zero-order chi connectivity index (χ0) is 19.1. The number of Topliss-reactive ketones (excluding diaryl/α,β-unsaturated/α-hetero) is 1. The molecular weight excluding hydrogens is 334 g/mol. The normalized spacial score (nSPS) is 21.8. The number of ether oxygens (including phenoxy) is 3. The Balaban J connectivity index is 2.13. The fraction of sp³-hybridized carbons (Fsp3) is 0.500. The number of amides is 1. The van der Waals surface area contributed by atoms with Gasteiger partial charge in [0.1, 0.15) is 0 Å². The van der Waals surface area contributed by atoms with Gasteiger partial charge in [0.2, 0.25) is 11.7 Å². The molecule has 1 atom stereocenters. The van der Waals surface area contributed by atoms with Gasteiger partial charge in [0.15, 0.2) is 17.3 Å². The number of hydrogen-bond donors (Lipinski definition) is 1. The Hall–Kier alpha value is -2.50. The Kier molecular flexibility index (Phi) is 4.69. The Labute approximate surface area is 153 Å². The lowest BCUT2D eigenvalue weighted by molar-refractivity contribution is -0.122. The molecule has 1 aromatic carbocycles. The van der Waals surface area contributed by atoms with E-state index in [2.05, 4.69) is 5.32 Å². The highest BCUT2D eigenvalue weighted by atomic mass is 16.5. The molecule has 2 aliphatic rings. The van der Waals surface area contributed by atoms with Crippen molar-refractivity contribution in [2.24, 2.45) is 5.41 Å². The van der Waals surface area contributed by atoms with E-state index in [1.54, 1.807) is 21.3 Å². The second kappa shape index (κ2) is 6.67. The van der Waals surface area contributed by atoms with Crippen LogP contribution in [0.3, 0.4) is 0 Å². The number of benzene rings is 1. The van der Waals surface area contributed by atoms with Crippen molar-refractivity contribution in [3.05, 3.63) is 29.0 Å². The van der Waals surface area contributed by atoms with Gasteiger partial charge in [0.05, 0.1) is 21.3 Å². The quantitative estimate of drug-likeness (QED) is 0.895. The summed E-state index contributed by atoms with van der Waals surface area (Å²) < 4.78 is 16.2. The van der Waals surface area contributed by atoms with Gasteiger partial charge in [-0.25, -0.2) is 0 Å². The maximum atomic E-state index is 12.9. The molecule has 0 spiro atoms. The third-order valence-corrected chi connectivity index (χ3v) is 5.04. The summed E-state index contributed by atoms with van der Waals surface area (Å²) in [6, 6.07) is 3.64. The Morgan fingerprint density at radius 3 is 2.15 bits per heavy atom. The minimum Gasteiger partial charge on any atom is -0.493 e. The first-order valence-electron chi connectivity index (χ1n) is 8.65. The van der Waals surface area contributed by atoms with Crippen molar-refractivity contribution in [3.8, 4) is 17.2 Å². The van der Waals surface area contributed by atoms with E-state index < -0.39 is 0 Å². The Morgan fingerprint density at radius 1 is 1.00 bits per heavy atom. The molecule has 0 unspecified atom stereocenters. The maximum Gasteiger partial charge on any atom is 0.225 e. The molecule has 26 heavy (non-hydrogen) atoms. The van der Waals surface area contributed by atoms with E-state index in [4.69, 9.17) is 14.2 Å². The van der Waals surface area contributed by atoms with E-state index in [1.165, 1.54) is 0 Å². The molecule has 6 nitrogen and oxygen atoms in total. The number of carbonyl (C=O) groups excluding carboxylic acids is 2. The summed E-state index contributed by atoms with van der Waals surface area (Å²) in [5.74, 6) is 1.22. The van der Waals surface area contributed by atoms with Crippen molar-refractivity contribution in [2.75, 3.05) is 21.3 Å². The number of ketones is 1. The molecule has 1 aromatic rings. The van der Waals surface area contributed by atoms with Gasteiger partial charge < -0.3 is 19.5 Å². The van der Waals surface area contributed by atoms with Gasteiger partial charge in [-0.1, -0.05) is 13.8 Å². The maximum absolute atomic E-state index is 12.9. The molecule has 1 amide bonds. The molecule has 0 bridgehead atoms. The molecular formula is C20H25NO5. The largest absolute Gasteiger partial charge is 0.493 e. The number of nitrogens with one attached hydrogen (secondary N) is 1. The van der Waals surface area contributed by atoms with Gasteiger partial charge in [-0.15, -0.1) is 0 Å². The molecule has 1 heterocycles. The van der Waals surface area contributed by atoms with Crippen LogP contribution in [0.1, 0.15) is 44.6 Å². The zero-order valence-electron chi connectivity index (χ0n) is 15.9. The molecule has 1 aliphatic carbocycles. The number of methoxy groups -OCH3 is 3. The fourth-order valence-corrected chi connectivity index (χ4v) is 3.94. The van der Waals surface area contributed by atoms with Crippen LogP contribution < -0.4 is 19.5 Å². The molecule has 0 radical (unpaired) electrons. The zero-order valence-corrected chi connectivity index (χ0v) is 15.9. The number of allylic oxidation sites excluding steroid dienone is 2. The predicted octanol–water partition coefficient (Wildman–Crippen LogP) is 2.96. The van der Waals surface area contributed by atoms with E-state index in [-0.39, 0.29) is 29.4 Å². The van der Waals surface area contributed by atoms with Crippen LogP contribution in [0, 0.1) is 5.41 Å². The van der Waals surface area contributed by atoms with Crippen molar-refractivity contribution in [2.45, 2.75) is 39.0 Å². The Morgan fingerprint density at radius 2 is 1.62 bits per heavy atom. The summed E-state index contributed by atoms with van der Waals surface area (Å²) in [6.45, 7) is 4.09. The van der Waals surface area contributed by atoms with Gasteiger partial charge in [-0.05, 0) is 29.5 Å². The lowest BCUT2D eigenvalue weighted by Gasteiger charge is -2.38. The van der Waals surface area contributed by atoms with Crippen molar-refractivity contribution in [1.29, 1.82) is 0 Å². The van der Waals surface area contributed by atoms with Gasteiger partial charge in [-0.3, -0.25) is 9.59 Å². The van der Waals surface area contributed by atoms with Gasteiger partial charge in [-0.2, -0.15) is 0 Å². The van der Waals surface area contributed by atoms with Crippen molar-refractivity contribution >= 4 is 11.7 Å². The minimum atomic E-state index is -0.309. The molecule has 0 saturated carbocycles. The highest BCUT2D eigenvalue weighted by Crippen LogP contribution is 2.47. The van der Waals surface area contributed by atoms with Gasteiger partial charge in [0.25, 0.3) is 0 Å². The van der Waals surface area contributed by atoms with Crippen LogP contribution in [0.4, 0.5) is 0 Å². The highest BCUT2D eigenvalue weighted by molar-refractivity contribution is 6.02. The summed E-state index contributed by atoms with van der Waals surface area (Å²) in [5, 5.41) is 2.92. The van der Waals surface area contributed by atoms with E-state index in [1.807, 2.05) is 26.0 Å². The van der Waals surface area contributed by atoms with Gasteiger partial charge >= 0.3 is 0 Å². The third-order valence-electron chi connectivity index (χ3n) is 5.04. The van der Waals surface area contributed by atoms with Crippen LogP contribution in [-0.4, -0.2) is 33.0 Å². The summed E-state index contributed by atoms with van der Waals surface area (Å²) in [6.07, 6.45) is 1.38. The van der Waals surface area contributed by atoms with Gasteiger partial charge in [0, 0.05) is 30.0 Å². The second-order valence-corrected chi connectivity index (χ2v) is 7.60. The average Bonchev–Trinajstić information content (AvgIpc) is 2.57. The number of carbonyl (C=O) groups is 2. The summed E-state index contributed by atoms with van der Waals surface area (Å²) in [7, 11) is 4.64. The van der Waals surface area contributed by atoms with E-state index >= 15 is 0 Å². The van der Waals surface area contributed by atoms with Crippen LogP contribution in [0.2, 0.25) is 0 Å². The Bertz CT molecular complexity index is 768. The van der Waals surface area contributed by atoms with Crippen molar-refractivity contribution < 1.29 is 23.8 Å². The lowest BCUT2D eigenvalue weighted by Crippen LogP contribution is -2.40. The molecule has 1 aliphatic heterocycles. The molecule has 140 valence electrons. The van der Waals surface area contributed by atoms with Crippen LogP contribution >= 0.6 is 0 Å². The highest BCUT2D eigenvalue weighted by Gasteiger charge is 2.41. The van der Waals surface area contributed by atoms with Crippen LogP contribution in [0.25, 0.3) is 0 Å². The van der Waals surface area contributed by atoms with Crippen molar-refractivity contribution in [1.82, 2.24) is 5.32 Å². The third kappa shape index (κ3) is 3.16. The first-order valence-corrected chi connectivity index (χ1v) is 8.65. The standard InChI is InChI=1S/C20H25NO5/c1-20(2)9-13-18(14(22)10-20)12(8-17(23)21-13)11-6-15(24-3)19(26-5)16(7-11)25-4/h6-7,12H,8-10H2,1-5H3,(H,21,23)/t12-/m1/s1. The topological polar surface area (TPSA) is 73.9 Å². The first kappa shape index (κ1) is 18.3. The number of rotatable bonds is 4. The molecule has 6 heteroatoms. The van der Waals surface area contributed by atoms with E-state index in [0.29, 0.717) is 35.7 Å². The van der Waals surface area contributed by atoms with E-state index in [9.17, 15) is 9.59 Å².